The van der Waals surface area contributed by atoms with Crippen LogP contribution in [0.5, 0.6) is 0 Å². The molecule has 3 aliphatic rings. The van der Waals surface area contributed by atoms with E-state index in [2.05, 4.69) is 153 Å². The number of anilines is 1. The number of allylic oxidation sites excluding steroid dienone is 8. The van der Waals surface area contributed by atoms with Gasteiger partial charge in [0.05, 0.1) is 15.5 Å². The van der Waals surface area contributed by atoms with Crippen molar-refractivity contribution in [1.82, 2.24) is 0 Å². The molecule has 0 unspecified atom stereocenters. The van der Waals surface area contributed by atoms with Crippen molar-refractivity contribution in [2.45, 2.75) is 90.9 Å². The topological polar surface area (TPSA) is 80.5 Å². The summed E-state index contributed by atoms with van der Waals surface area (Å²) in [6.45, 7) is 14.4. The summed E-state index contributed by atoms with van der Waals surface area (Å²) in [5.74, 6) is -0.369. The van der Waals surface area contributed by atoms with E-state index in [4.69, 9.17) is 0 Å². The van der Waals surface area contributed by atoms with Crippen LogP contribution < -0.4 is 34.5 Å². The SMILES string of the molecule is CCCC[N+]1=C(/C=C/C2=C(c3ccc(C(C)=O)cc3)C(=C/C=C3/N(CCCS(=O)(=O)[O-])c4ccc5ccccc5c4C3(C)C)/CCC2)C(C)(C)c2c1ccc1ccccc21.[Na+]. The van der Waals surface area contributed by atoms with Crippen LogP contribution >= 0.6 is 0 Å². The third-order valence-electron chi connectivity index (χ3n) is 13.0. The Morgan fingerprint density at radius 2 is 1.44 bits per heavy atom. The van der Waals surface area contributed by atoms with Crippen LogP contribution in [-0.4, -0.2) is 47.9 Å². The predicted octanol–water partition coefficient (Wildman–Crippen LogP) is 9.11. The first-order chi connectivity index (χ1) is 28.7. The van der Waals surface area contributed by atoms with Gasteiger partial charge in [-0.3, -0.25) is 4.79 Å². The molecule has 5 aromatic rings. The van der Waals surface area contributed by atoms with Gasteiger partial charge in [0.2, 0.25) is 5.69 Å². The van der Waals surface area contributed by atoms with Gasteiger partial charge in [0.25, 0.3) is 0 Å². The summed E-state index contributed by atoms with van der Waals surface area (Å²) in [5, 5.41) is 4.89. The Hall–Kier alpha value is -4.37. The van der Waals surface area contributed by atoms with Crippen LogP contribution in [0.4, 0.5) is 11.4 Å². The van der Waals surface area contributed by atoms with E-state index in [-0.39, 0.29) is 47.2 Å². The maximum Gasteiger partial charge on any atom is 1.00 e. The quantitative estimate of drug-likeness (QED) is 0.0543. The molecule has 0 atom stereocenters. The Morgan fingerprint density at radius 3 is 2.10 bits per heavy atom. The van der Waals surface area contributed by atoms with Crippen molar-refractivity contribution in [3.05, 3.63) is 160 Å². The van der Waals surface area contributed by atoms with Crippen molar-refractivity contribution in [1.29, 1.82) is 0 Å². The third kappa shape index (κ3) is 8.57. The molecule has 0 saturated carbocycles. The monoisotopic (exact) mass is 839 g/mol. The van der Waals surface area contributed by atoms with Gasteiger partial charge in [-0.05, 0) is 114 Å². The number of fused-ring (bicyclic) bond motifs is 6. The maximum atomic E-state index is 12.4. The van der Waals surface area contributed by atoms with Gasteiger partial charge in [0.15, 0.2) is 11.5 Å². The van der Waals surface area contributed by atoms with E-state index in [1.165, 1.54) is 55.4 Å². The van der Waals surface area contributed by atoms with Crippen LogP contribution in [0.15, 0.2) is 138 Å². The van der Waals surface area contributed by atoms with Crippen LogP contribution in [0, 0.1) is 0 Å². The Bertz CT molecular complexity index is 2810. The second kappa shape index (κ2) is 17.8. The molecule has 0 saturated heterocycles. The summed E-state index contributed by atoms with van der Waals surface area (Å²) < 4.78 is 37.8. The molecule has 0 bridgehead atoms. The fourth-order valence-electron chi connectivity index (χ4n) is 10.1. The number of ketones is 1. The smallest absolute Gasteiger partial charge is 0.748 e. The van der Waals surface area contributed by atoms with Crippen LogP contribution in [0.3, 0.4) is 0 Å². The molecule has 8 rings (SSSR count). The van der Waals surface area contributed by atoms with E-state index in [0.29, 0.717) is 12.1 Å². The van der Waals surface area contributed by atoms with E-state index in [0.717, 1.165) is 61.0 Å². The summed E-state index contributed by atoms with van der Waals surface area (Å²) >= 11 is 0. The average Bonchev–Trinajstić information content (AvgIpc) is 3.58. The largest absolute Gasteiger partial charge is 1.00 e. The molecule has 6 nitrogen and oxygen atoms in total. The molecule has 61 heavy (non-hydrogen) atoms. The zero-order valence-corrected chi connectivity index (χ0v) is 39.7. The first-order valence-corrected chi connectivity index (χ1v) is 23.1. The summed E-state index contributed by atoms with van der Waals surface area (Å²) in [7, 11) is -4.36. The Balaban J connectivity index is 0.00000561. The number of carbonyl (C=O) groups excluding carboxylic acids is 1. The number of nitrogens with zero attached hydrogens (tertiary/aromatic N) is 2. The van der Waals surface area contributed by atoms with Gasteiger partial charge < -0.3 is 9.45 Å². The molecule has 0 spiro atoms. The van der Waals surface area contributed by atoms with Crippen LogP contribution in [-0.2, 0) is 20.9 Å². The maximum absolute atomic E-state index is 12.4. The molecule has 0 N–H and O–H groups in total. The van der Waals surface area contributed by atoms with E-state index < -0.39 is 21.3 Å². The standard InChI is InChI=1S/C53H56N2O4S.Na/c1-7-8-33-54-45-29-25-38-15-9-11-19-43(38)50(45)52(3,4)47(54)31-27-40-17-13-18-41(49(40)42-23-21-37(22-24-42)36(2)56)28-32-48-53(5,6)51-44-20-12-10-16-39(44)26-30-46(51)55(48)34-14-35-60(57,58)59;/h9-12,15-16,19-32H,7-8,13-14,17-18,33-35H2,1-6H3;/q;+1. The minimum atomic E-state index is -4.36. The molecule has 1 aliphatic carbocycles. The molecular weight excluding hydrogens is 784 g/mol. The van der Waals surface area contributed by atoms with Crippen molar-refractivity contribution in [2.75, 3.05) is 23.7 Å². The Kier molecular flexibility index (Phi) is 13.0. The normalized spacial score (nSPS) is 18.4. The molecule has 8 heteroatoms. The van der Waals surface area contributed by atoms with E-state index in [1.807, 2.05) is 12.1 Å². The van der Waals surface area contributed by atoms with Crippen LogP contribution in [0.2, 0.25) is 0 Å². The van der Waals surface area contributed by atoms with Gasteiger partial charge in [-0.25, -0.2) is 8.42 Å². The third-order valence-corrected chi connectivity index (χ3v) is 13.8. The summed E-state index contributed by atoms with van der Waals surface area (Å²) in [6.07, 6.45) is 14.5. The van der Waals surface area contributed by atoms with Crippen molar-refractivity contribution in [2.24, 2.45) is 0 Å². The number of unbranched alkanes of at least 4 members (excludes halogenated alkanes) is 1. The second-order valence-corrected chi connectivity index (χ2v) is 19.3. The van der Waals surface area contributed by atoms with Crippen LogP contribution in [0.1, 0.15) is 107 Å². The zero-order chi connectivity index (χ0) is 42.4. The van der Waals surface area contributed by atoms with Gasteiger partial charge in [-0.1, -0.05) is 118 Å². The molecule has 0 radical (unpaired) electrons. The van der Waals surface area contributed by atoms with Gasteiger partial charge in [0.1, 0.15) is 6.54 Å². The summed E-state index contributed by atoms with van der Waals surface area (Å²) in [5.41, 5.74) is 12.1. The van der Waals surface area contributed by atoms with Gasteiger partial charge >= 0.3 is 29.6 Å². The first-order valence-electron chi connectivity index (χ1n) is 21.6. The van der Waals surface area contributed by atoms with E-state index in [1.54, 1.807) is 6.92 Å². The Labute approximate surface area is 384 Å². The predicted molar refractivity (Wildman–Crippen MR) is 248 cm³/mol. The fourth-order valence-corrected chi connectivity index (χ4v) is 10.6. The van der Waals surface area contributed by atoms with Crippen molar-refractivity contribution >= 4 is 60.1 Å². The second-order valence-electron chi connectivity index (χ2n) is 17.7. The minimum absolute atomic E-state index is 0. The number of carbonyl (C=O) groups is 1. The fraction of sp³-hybridized carbons (Fsp3) is 0.321. The van der Waals surface area contributed by atoms with Crippen molar-refractivity contribution in [3.8, 4) is 0 Å². The van der Waals surface area contributed by atoms with Crippen LogP contribution in [0.25, 0.3) is 27.1 Å². The van der Waals surface area contributed by atoms with E-state index in [9.17, 15) is 17.8 Å². The molecule has 0 fully saturated rings. The van der Waals surface area contributed by atoms with E-state index >= 15 is 0 Å². The minimum Gasteiger partial charge on any atom is -0.748 e. The molecule has 2 aliphatic heterocycles. The molecule has 5 aromatic carbocycles. The van der Waals surface area contributed by atoms with Crippen molar-refractivity contribution in [3.63, 3.8) is 0 Å². The van der Waals surface area contributed by atoms with Crippen molar-refractivity contribution < 1.29 is 51.9 Å². The molecule has 308 valence electrons. The number of hydrogen-bond acceptors (Lipinski definition) is 5. The Morgan fingerprint density at radius 1 is 0.787 bits per heavy atom. The summed E-state index contributed by atoms with van der Waals surface area (Å²) in [4.78, 5) is 14.6. The first kappa shape index (κ1) is 44.7. The number of rotatable bonds is 12. The number of Topliss-reactive ketones (excluding diaryl/α,β-unsaturated/α-hetero) is 1. The summed E-state index contributed by atoms with van der Waals surface area (Å²) in [6, 6.07) is 34.0. The molecule has 0 amide bonds. The van der Waals surface area contributed by atoms with Gasteiger partial charge in [-0.2, -0.15) is 4.58 Å². The zero-order valence-electron chi connectivity index (χ0n) is 36.8. The molecule has 0 aromatic heterocycles. The average molecular weight is 840 g/mol. The molecular formula is C53H56N2NaO4S+. The number of benzene rings is 5. The number of hydrogen-bond donors (Lipinski definition) is 0. The van der Waals surface area contributed by atoms with Gasteiger partial charge in [0, 0.05) is 58.8 Å². The molecule has 2 heterocycles. The van der Waals surface area contributed by atoms with Gasteiger partial charge in [-0.15, -0.1) is 0 Å².